The van der Waals surface area contributed by atoms with Gasteiger partial charge in [0.25, 0.3) is 0 Å². The van der Waals surface area contributed by atoms with Crippen LogP contribution in [0, 0.1) is 17.8 Å². The number of nitrogens with one attached hydrogen (secondary N) is 1. The van der Waals surface area contributed by atoms with Crippen LogP contribution in [0.5, 0.6) is 0 Å². The first kappa shape index (κ1) is 10.9. The maximum Gasteiger partial charge on any atom is 0.223 e. The summed E-state index contributed by atoms with van der Waals surface area (Å²) in [5, 5.41) is 3.19. The van der Waals surface area contributed by atoms with Gasteiger partial charge in [0.1, 0.15) is 0 Å². The third-order valence-electron chi connectivity index (χ3n) is 3.53. The highest BCUT2D eigenvalue weighted by Gasteiger charge is 2.34. The summed E-state index contributed by atoms with van der Waals surface area (Å²) >= 11 is 0. The smallest absolute Gasteiger partial charge is 0.223 e. The quantitative estimate of drug-likeness (QED) is 0.769. The van der Waals surface area contributed by atoms with Crippen molar-refractivity contribution in [2.24, 2.45) is 17.8 Å². The van der Waals surface area contributed by atoms with Crippen molar-refractivity contribution in [1.82, 2.24) is 5.32 Å². The number of hydrogen-bond acceptors (Lipinski definition) is 2. The van der Waals surface area contributed by atoms with Crippen LogP contribution < -0.4 is 5.32 Å². The van der Waals surface area contributed by atoms with Gasteiger partial charge in [0.05, 0.1) is 6.61 Å². The first-order valence-corrected chi connectivity index (χ1v) is 6.06. The molecular weight excluding hydrogens is 190 g/mol. The molecule has 2 fully saturated rings. The Balaban J connectivity index is 1.88. The zero-order chi connectivity index (χ0) is 10.8. The van der Waals surface area contributed by atoms with Crippen LogP contribution in [0.25, 0.3) is 0 Å². The van der Waals surface area contributed by atoms with Crippen molar-refractivity contribution >= 4 is 5.91 Å². The molecule has 0 unspecified atom stereocenters. The van der Waals surface area contributed by atoms with Gasteiger partial charge in [-0.1, -0.05) is 13.8 Å². The lowest BCUT2D eigenvalue weighted by Crippen LogP contribution is -2.47. The number of carbonyl (C=O) groups excluding carboxylic acids is 1. The number of rotatable bonds is 3. The van der Waals surface area contributed by atoms with Gasteiger partial charge in [-0.2, -0.15) is 0 Å². The van der Waals surface area contributed by atoms with E-state index in [1.807, 2.05) is 0 Å². The maximum atomic E-state index is 11.7. The molecule has 0 aromatic heterocycles. The van der Waals surface area contributed by atoms with E-state index >= 15 is 0 Å². The SMILES string of the molecule is CC(C)[C@@H]1COCC[C@H]1NC(=O)C1CC1. The van der Waals surface area contributed by atoms with Crippen LogP contribution in [0.1, 0.15) is 33.1 Å². The predicted molar refractivity (Wildman–Crippen MR) is 58.4 cm³/mol. The molecule has 0 aromatic carbocycles. The second-order valence-corrected chi connectivity index (χ2v) is 5.16. The molecule has 2 rings (SSSR count). The van der Waals surface area contributed by atoms with Crippen LogP contribution in [0.15, 0.2) is 0 Å². The van der Waals surface area contributed by atoms with Crippen molar-refractivity contribution in [3.05, 3.63) is 0 Å². The number of hydrogen-bond donors (Lipinski definition) is 1. The molecule has 1 amide bonds. The molecule has 2 aliphatic rings. The Hall–Kier alpha value is -0.570. The summed E-state index contributed by atoms with van der Waals surface area (Å²) in [6.45, 7) is 6.00. The van der Waals surface area contributed by atoms with E-state index in [4.69, 9.17) is 4.74 Å². The van der Waals surface area contributed by atoms with Gasteiger partial charge in [0.2, 0.25) is 5.91 Å². The van der Waals surface area contributed by atoms with E-state index in [0.29, 0.717) is 23.8 Å². The fourth-order valence-corrected chi connectivity index (χ4v) is 2.24. The number of amides is 1. The maximum absolute atomic E-state index is 11.7. The minimum Gasteiger partial charge on any atom is -0.381 e. The van der Waals surface area contributed by atoms with E-state index in [0.717, 1.165) is 32.5 Å². The molecule has 2 atom stereocenters. The fourth-order valence-electron chi connectivity index (χ4n) is 2.24. The minimum atomic E-state index is 0.271. The Morgan fingerprint density at radius 2 is 2.07 bits per heavy atom. The topological polar surface area (TPSA) is 38.3 Å². The highest BCUT2D eigenvalue weighted by Crippen LogP contribution is 2.30. The van der Waals surface area contributed by atoms with Crippen molar-refractivity contribution in [3.8, 4) is 0 Å². The van der Waals surface area contributed by atoms with Gasteiger partial charge >= 0.3 is 0 Å². The average Bonchev–Trinajstić information content (AvgIpc) is 3.01. The molecule has 1 N–H and O–H groups in total. The van der Waals surface area contributed by atoms with Crippen molar-refractivity contribution in [1.29, 1.82) is 0 Å². The molecular formula is C12H21NO2. The Labute approximate surface area is 91.6 Å². The molecule has 1 aliphatic carbocycles. The highest BCUT2D eigenvalue weighted by molar-refractivity contribution is 5.81. The van der Waals surface area contributed by atoms with Gasteiger partial charge in [-0.3, -0.25) is 4.79 Å². The average molecular weight is 211 g/mol. The van der Waals surface area contributed by atoms with Crippen LogP contribution in [-0.4, -0.2) is 25.2 Å². The normalized spacial score (nSPS) is 31.7. The van der Waals surface area contributed by atoms with E-state index in [-0.39, 0.29) is 5.91 Å². The summed E-state index contributed by atoms with van der Waals surface area (Å²) in [6.07, 6.45) is 3.14. The van der Waals surface area contributed by atoms with Gasteiger partial charge in [-0.25, -0.2) is 0 Å². The van der Waals surface area contributed by atoms with E-state index in [1.54, 1.807) is 0 Å². The Bertz CT molecular complexity index is 236. The van der Waals surface area contributed by atoms with Crippen LogP contribution in [0.3, 0.4) is 0 Å². The molecule has 1 saturated carbocycles. The zero-order valence-electron chi connectivity index (χ0n) is 9.66. The summed E-state index contributed by atoms with van der Waals surface area (Å²) < 4.78 is 5.48. The van der Waals surface area contributed by atoms with Gasteiger partial charge < -0.3 is 10.1 Å². The lowest BCUT2D eigenvalue weighted by atomic mass is 9.86. The molecule has 0 radical (unpaired) electrons. The van der Waals surface area contributed by atoms with Crippen LogP contribution in [0.2, 0.25) is 0 Å². The summed E-state index contributed by atoms with van der Waals surface area (Å²) in [5.41, 5.74) is 0. The fraction of sp³-hybridized carbons (Fsp3) is 0.917. The van der Waals surface area contributed by atoms with Crippen molar-refractivity contribution < 1.29 is 9.53 Å². The molecule has 0 spiro atoms. The molecule has 86 valence electrons. The second kappa shape index (κ2) is 4.52. The van der Waals surface area contributed by atoms with Crippen LogP contribution in [0.4, 0.5) is 0 Å². The zero-order valence-corrected chi connectivity index (χ0v) is 9.66. The van der Waals surface area contributed by atoms with Crippen molar-refractivity contribution in [2.45, 2.75) is 39.2 Å². The standard InChI is InChI=1S/C12H21NO2/c1-8(2)10-7-15-6-5-11(10)13-12(14)9-3-4-9/h8-11H,3-7H2,1-2H3,(H,13,14)/t10-,11+/m0/s1. The third-order valence-corrected chi connectivity index (χ3v) is 3.53. The largest absolute Gasteiger partial charge is 0.381 e. The van der Waals surface area contributed by atoms with Crippen LogP contribution in [-0.2, 0) is 9.53 Å². The predicted octanol–water partition coefficient (Wildman–Crippen LogP) is 1.57. The van der Waals surface area contributed by atoms with Gasteiger partial charge in [0, 0.05) is 24.5 Å². The lowest BCUT2D eigenvalue weighted by Gasteiger charge is -2.34. The number of ether oxygens (including phenoxy) is 1. The molecule has 1 saturated heterocycles. The molecule has 1 aliphatic heterocycles. The summed E-state index contributed by atoms with van der Waals surface area (Å²) in [6, 6.07) is 0.340. The molecule has 3 nitrogen and oxygen atoms in total. The Morgan fingerprint density at radius 1 is 1.33 bits per heavy atom. The summed E-state index contributed by atoms with van der Waals surface area (Å²) in [4.78, 5) is 11.7. The number of carbonyl (C=O) groups is 1. The third kappa shape index (κ3) is 2.71. The van der Waals surface area contributed by atoms with Crippen molar-refractivity contribution in [2.75, 3.05) is 13.2 Å². The first-order chi connectivity index (χ1) is 7.18. The first-order valence-electron chi connectivity index (χ1n) is 6.06. The lowest BCUT2D eigenvalue weighted by molar-refractivity contribution is -0.124. The van der Waals surface area contributed by atoms with Crippen molar-refractivity contribution in [3.63, 3.8) is 0 Å². The van der Waals surface area contributed by atoms with E-state index in [1.165, 1.54) is 0 Å². The van der Waals surface area contributed by atoms with Gasteiger partial charge in [-0.15, -0.1) is 0 Å². The summed E-state index contributed by atoms with van der Waals surface area (Å²) in [5.74, 6) is 1.66. The molecule has 15 heavy (non-hydrogen) atoms. The highest BCUT2D eigenvalue weighted by atomic mass is 16.5. The minimum absolute atomic E-state index is 0.271. The summed E-state index contributed by atoms with van der Waals surface area (Å²) in [7, 11) is 0. The molecule has 3 heteroatoms. The van der Waals surface area contributed by atoms with E-state index in [2.05, 4.69) is 19.2 Å². The van der Waals surface area contributed by atoms with E-state index < -0.39 is 0 Å². The van der Waals surface area contributed by atoms with Crippen LogP contribution >= 0.6 is 0 Å². The van der Waals surface area contributed by atoms with Gasteiger partial charge in [0.15, 0.2) is 0 Å². The monoisotopic (exact) mass is 211 g/mol. The molecule has 0 bridgehead atoms. The van der Waals surface area contributed by atoms with Gasteiger partial charge in [-0.05, 0) is 25.2 Å². The molecule has 0 aromatic rings. The second-order valence-electron chi connectivity index (χ2n) is 5.16. The molecule has 1 heterocycles. The van der Waals surface area contributed by atoms with E-state index in [9.17, 15) is 4.79 Å². The Morgan fingerprint density at radius 3 is 2.67 bits per heavy atom. The Kier molecular flexibility index (Phi) is 3.29.